The van der Waals surface area contributed by atoms with Gasteiger partial charge in [-0.25, -0.2) is 0 Å². The Balaban J connectivity index is 2.11. The first kappa shape index (κ1) is 13.7. The van der Waals surface area contributed by atoms with Gasteiger partial charge in [-0.05, 0) is 31.4 Å². The Morgan fingerprint density at radius 1 is 1.26 bits per heavy atom. The summed E-state index contributed by atoms with van der Waals surface area (Å²) in [5.74, 6) is -1.34. The van der Waals surface area contributed by atoms with Crippen LogP contribution in [0.15, 0.2) is 24.3 Å². The zero-order chi connectivity index (χ0) is 14.0. The van der Waals surface area contributed by atoms with Gasteiger partial charge in [0.15, 0.2) is 0 Å². The number of alkyl halides is 3. The van der Waals surface area contributed by atoms with E-state index in [-0.39, 0.29) is 11.7 Å². The number of halogens is 3. The molecular formula is C13H14F3NO2. The Bertz CT molecular complexity index is 473. The quantitative estimate of drug-likeness (QED) is 0.887. The van der Waals surface area contributed by atoms with Crippen LogP contribution in [-0.4, -0.2) is 17.1 Å². The van der Waals surface area contributed by atoms with Gasteiger partial charge < -0.3 is 10.4 Å². The lowest BCUT2D eigenvalue weighted by molar-refractivity contribution is -0.141. The van der Waals surface area contributed by atoms with Crippen molar-refractivity contribution in [2.75, 3.05) is 5.32 Å². The lowest BCUT2D eigenvalue weighted by Crippen LogP contribution is -2.20. The van der Waals surface area contributed by atoms with Crippen LogP contribution in [0.4, 0.5) is 18.9 Å². The van der Waals surface area contributed by atoms with Crippen molar-refractivity contribution in [3.8, 4) is 0 Å². The third-order valence-corrected chi connectivity index (χ3v) is 3.37. The summed E-state index contributed by atoms with van der Waals surface area (Å²) in [6.45, 7) is 0. The smallest absolute Gasteiger partial charge is 0.418 e. The van der Waals surface area contributed by atoms with E-state index in [0.29, 0.717) is 19.3 Å². The summed E-state index contributed by atoms with van der Waals surface area (Å²) in [6.07, 6.45) is -2.97. The standard InChI is InChI=1S/C13H14F3NO2/c14-13(15,16)10-3-1-2-4-11(10)17-9-6-5-8(7-9)12(18)19/h1-4,8-9,17H,5-7H2,(H,18,19)/t8-,9+/m1/s1. The van der Waals surface area contributed by atoms with Crippen LogP contribution in [0.25, 0.3) is 0 Å². The minimum atomic E-state index is -4.41. The maximum Gasteiger partial charge on any atom is 0.418 e. The average Bonchev–Trinajstić information content (AvgIpc) is 2.77. The number of rotatable bonds is 3. The summed E-state index contributed by atoms with van der Waals surface area (Å²) in [4.78, 5) is 10.8. The first-order chi connectivity index (χ1) is 8.88. The maximum absolute atomic E-state index is 12.8. The second kappa shape index (κ2) is 5.11. The predicted molar refractivity (Wildman–Crippen MR) is 63.8 cm³/mol. The molecule has 1 aromatic carbocycles. The van der Waals surface area contributed by atoms with Gasteiger partial charge in [0, 0.05) is 11.7 Å². The molecule has 1 aliphatic carbocycles. The van der Waals surface area contributed by atoms with Crippen LogP contribution < -0.4 is 5.32 Å². The monoisotopic (exact) mass is 273 g/mol. The van der Waals surface area contributed by atoms with Crippen LogP contribution in [0.5, 0.6) is 0 Å². The number of carboxylic acids is 1. The van der Waals surface area contributed by atoms with Gasteiger partial charge in [0.1, 0.15) is 0 Å². The van der Waals surface area contributed by atoms with Crippen molar-refractivity contribution in [3.05, 3.63) is 29.8 Å². The first-order valence-corrected chi connectivity index (χ1v) is 6.03. The van der Waals surface area contributed by atoms with Crippen molar-refractivity contribution < 1.29 is 23.1 Å². The number of aliphatic carboxylic acids is 1. The van der Waals surface area contributed by atoms with E-state index in [4.69, 9.17) is 5.11 Å². The van der Waals surface area contributed by atoms with E-state index in [1.54, 1.807) is 0 Å². The molecule has 0 amide bonds. The Hall–Kier alpha value is -1.72. The molecule has 0 aliphatic heterocycles. The second-order valence-corrected chi connectivity index (χ2v) is 4.73. The summed E-state index contributed by atoms with van der Waals surface area (Å²) in [5, 5.41) is 11.7. The number of hydrogen-bond acceptors (Lipinski definition) is 2. The van der Waals surface area contributed by atoms with Gasteiger partial charge in [-0.15, -0.1) is 0 Å². The molecule has 0 radical (unpaired) electrons. The van der Waals surface area contributed by atoms with Crippen molar-refractivity contribution in [1.29, 1.82) is 0 Å². The minimum absolute atomic E-state index is 0.0195. The topological polar surface area (TPSA) is 49.3 Å². The molecule has 0 bridgehead atoms. The molecule has 104 valence electrons. The largest absolute Gasteiger partial charge is 0.481 e. The molecule has 1 aromatic rings. The molecule has 2 atom stereocenters. The summed E-state index contributed by atoms with van der Waals surface area (Å²) < 4.78 is 38.4. The van der Waals surface area contributed by atoms with Crippen molar-refractivity contribution in [2.45, 2.75) is 31.5 Å². The third-order valence-electron chi connectivity index (χ3n) is 3.37. The van der Waals surface area contributed by atoms with Crippen molar-refractivity contribution in [2.24, 2.45) is 5.92 Å². The first-order valence-electron chi connectivity index (χ1n) is 6.03. The van der Waals surface area contributed by atoms with Gasteiger partial charge in [0.25, 0.3) is 0 Å². The van der Waals surface area contributed by atoms with Crippen molar-refractivity contribution >= 4 is 11.7 Å². The number of nitrogens with one attached hydrogen (secondary N) is 1. The van der Waals surface area contributed by atoms with E-state index in [2.05, 4.69) is 5.32 Å². The zero-order valence-corrected chi connectivity index (χ0v) is 10.1. The Morgan fingerprint density at radius 2 is 1.95 bits per heavy atom. The van der Waals surface area contributed by atoms with Gasteiger partial charge >= 0.3 is 12.1 Å². The molecule has 1 fully saturated rings. The van der Waals surface area contributed by atoms with Gasteiger partial charge in [-0.2, -0.15) is 13.2 Å². The second-order valence-electron chi connectivity index (χ2n) is 4.73. The average molecular weight is 273 g/mol. The molecule has 0 spiro atoms. The van der Waals surface area contributed by atoms with E-state index in [0.717, 1.165) is 6.07 Å². The SMILES string of the molecule is O=C(O)[C@@H]1CC[C@H](Nc2ccccc2C(F)(F)F)C1. The summed E-state index contributed by atoms with van der Waals surface area (Å²) >= 11 is 0. The highest BCUT2D eigenvalue weighted by atomic mass is 19.4. The highest BCUT2D eigenvalue weighted by Gasteiger charge is 2.35. The van der Waals surface area contributed by atoms with Crippen LogP contribution in [0.1, 0.15) is 24.8 Å². The molecule has 0 aromatic heterocycles. The number of anilines is 1. The van der Waals surface area contributed by atoms with Crippen LogP contribution >= 0.6 is 0 Å². The fourth-order valence-electron chi connectivity index (χ4n) is 2.41. The molecule has 0 unspecified atom stereocenters. The van der Waals surface area contributed by atoms with Crippen LogP contribution in [0.3, 0.4) is 0 Å². The fourth-order valence-corrected chi connectivity index (χ4v) is 2.41. The molecule has 0 saturated heterocycles. The zero-order valence-electron chi connectivity index (χ0n) is 10.1. The number of carbonyl (C=O) groups is 1. The predicted octanol–water partition coefficient (Wildman–Crippen LogP) is 3.37. The normalized spacial score (nSPS) is 23.3. The highest BCUT2D eigenvalue weighted by molar-refractivity contribution is 5.70. The van der Waals surface area contributed by atoms with E-state index >= 15 is 0 Å². The molecule has 1 saturated carbocycles. The van der Waals surface area contributed by atoms with E-state index < -0.39 is 23.6 Å². The Morgan fingerprint density at radius 3 is 2.53 bits per heavy atom. The minimum Gasteiger partial charge on any atom is -0.481 e. The van der Waals surface area contributed by atoms with Gasteiger partial charge in [0.2, 0.25) is 0 Å². The molecule has 0 heterocycles. The van der Waals surface area contributed by atoms with Gasteiger partial charge in [0.05, 0.1) is 11.5 Å². The fraction of sp³-hybridized carbons (Fsp3) is 0.462. The molecule has 3 nitrogen and oxygen atoms in total. The van der Waals surface area contributed by atoms with Gasteiger partial charge in [-0.1, -0.05) is 12.1 Å². The molecule has 6 heteroatoms. The Labute approximate surface area is 108 Å². The number of carboxylic acid groups (broad SMARTS) is 1. The van der Waals surface area contributed by atoms with Crippen molar-refractivity contribution in [1.82, 2.24) is 0 Å². The summed E-state index contributed by atoms with van der Waals surface area (Å²) in [6, 6.07) is 5.04. The van der Waals surface area contributed by atoms with E-state index in [9.17, 15) is 18.0 Å². The number of para-hydroxylation sites is 1. The van der Waals surface area contributed by atoms with Crippen LogP contribution in [0, 0.1) is 5.92 Å². The van der Waals surface area contributed by atoms with E-state index in [1.165, 1.54) is 18.2 Å². The molecule has 2 rings (SSSR count). The molecule has 2 N–H and O–H groups in total. The Kier molecular flexibility index (Phi) is 3.68. The summed E-state index contributed by atoms with van der Waals surface area (Å²) in [5.41, 5.74) is -0.695. The number of benzene rings is 1. The van der Waals surface area contributed by atoms with Crippen LogP contribution in [-0.2, 0) is 11.0 Å². The summed E-state index contributed by atoms with van der Waals surface area (Å²) in [7, 11) is 0. The maximum atomic E-state index is 12.8. The lowest BCUT2D eigenvalue weighted by atomic mass is 10.1. The third kappa shape index (κ3) is 3.19. The van der Waals surface area contributed by atoms with E-state index in [1.807, 2.05) is 0 Å². The highest BCUT2D eigenvalue weighted by Crippen LogP contribution is 2.36. The van der Waals surface area contributed by atoms with Gasteiger partial charge in [-0.3, -0.25) is 4.79 Å². The lowest BCUT2D eigenvalue weighted by Gasteiger charge is -2.18. The number of hydrogen-bond donors (Lipinski definition) is 2. The molecular weight excluding hydrogens is 259 g/mol. The van der Waals surface area contributed by atoms with Crippen molar-refractivity contribution in [3.63, 3.8) is 0 Å². The molecule has 1 aliphatic rings. The molecule has 19 heavy (non-hydrogen) atoms. The van der Waals surface area contributed by atoms with Crippen LogP contribution in [0.2, 0.25) is 0 Å².